The van der Waals surface area contributed by atoms with Gasteiger partial charge in [-0.3, -0.25) is 4.79 Å². The van der Waals surface area contributed by atoms with Gasteiger partial charge in [-0.15, -0.1) is 0 Å². The molecule has 0 heterocycles. The molecule has 0 saturated carbocycles. The summed E-state index contributed by atoms with van der Waals surface area (Å²) >= 11 is 0. The van der Waals surface area contributed by atoms with Crippen LogP contribution in [0.3, 0.4) is 0 Å². The van der Waals surface area contributed by atoms with E-state index in [0.29, 0.717) is 0 Å². The van der Waals surface area contributed by atoms with Gasteiger partial charge in [-0.1, -0.05) is 19.1 Å². The minimum absolute atomic E-state index is 0.00124. The summed E-state index contributed by atoms with van der Waals surface area (Å²) in [7, 11) is -3.96. The van der Waals surface area contributed by atoms with E-state index < -0.39 is 22.5 Å². The minimum atomic E-state index is -3.96. The Kier molecular flexibility index (Phi) is 4.42. The molecule has 0 aliphatic rings. The summed E-state index contributed by atoms with van der Waals surface area (Å²) in [5.74, 6) is -1.24. The molecule has 0 aliphatic carbocycles. The number of nitrogens with zero attached hydrogens (tertiary/aromatic N) is 2. The molecular formula is C11H12N2O4S. The first-order valence-electron chi connectivity index (χ1n) is 5.14. The Morgan fingerprint density at radius 2 is 2.06 bits per heavy atom. The van der Waals surface area contributed by atoms with Crippen LogP contribution in [-0.2, 0) is 14.8 Å². The van der Waals surface area contributed by atoms with E-state index in [1.165, 1.54) is 25.1 Å². The molecule has 0 radical (unpaired) electrons. The van der Waals surface area contributed by atoms with Crippen LogP contribution in [0, 0.1) is 11.3 Å². The van der Waals surface area contributed by atoms with E-state index in [0.717, 1.165) is 4.31 Å². The van der Waals surface area contributed by atoms with Gasteiger partial charge in [0, 0.05) is 6.54 Å². The van der Waals surface area contributed by atoms with Gasteiger partial charge in [0.05, 0.1) is 10.5 Å². The first-order chi connectivity index (χ1) is 8.43. The van der Waals surface area contributed by atoms with Gasteiger partial charge in [0.2, 0.25) is 10.0 Å². The van der Waals surface area contributed by atoms with Crippen molar-refractivity contribution in [2.45, 2.75) is 11.8 Å². The van der Waals surface area contributed by atoms with Crippen molar-refractivity contribution in [3.05, 3.63) is 29.8 Å². The van der Waals surface area contributed by atoms with Crippen LogP contribution in [0.15, 0.2) is 29.2 Å². The summed E-state index contributed by atoms with van der Waals surface area (Å²) < 4.78 is 25.2. The second-order valence-corrected chi connectivity index (χ2v) is 5.34. The number of sulfonamides is 1. The summed E-state index contributed by atoms with van der Waals surface area (Å²) in [5.41, 5.74) is 0.00124. The van der Waals surface area contributed by atoms with E-state index in [1.54, 1.807) is 12.1 Å². The molecule has 18 heavy (non-hydrogen) atoms. The van der Waals surface area contributed by atoms with Crippen LogP contribution in [0.5, 0.6) is 0 Å². The van der Waals surface area contributed by atoms with E-state index >= 15 is 0 Å². The lowest BCUT2D eigenvalue weighted by atomic mass is 10.2. The van der Waals surface area contributed by atoms with E-state index in [9.17, 15) is 13.2 Å². The molecule has 0 fully saturated rings. The van der Waals surface area contributed by atoms with Crippen molar-refractivity contribution in [3.8, 4) is 6.07 Å². The van der Waals surface area contributed by atoms with Crippen LogP contribution in [0.1, 0.15) is 12.5 Å². The minimum Gasteiger partial charge on any atom is -0.480 e. The number of carbonyl (C=O) groups is 1. The van der Waals surface area contributed by atoms with Crippen LogP contribution < -0.4 is 0 Å². The van der Waals surface area contributed by atoms with Crippen molar-refractivity contribution in [2.24, 2.45) is 0 Å². The zero-order valence-electron chi connectivity index (χ0n) is 9.70. The normalized spacial score (nSPS) is 11.2. The molecule has 6 nitrogen and oxygen atoms in total. The van der Waals surface area contributed by atoms with Crippen molar-refractivity contribution >= 4 is 16.0 Å². The predicted molar refractivity (Wildman–Crippen MR) is 63.2 cm³/mol. The summed E-state index contributed by atoms with van der Waals surface area (Å²) in [5, 5.41) is 17.5. The second kappa shape index (κ2) is 5.62. The van der Waals surface area contributed by atoms with Gasteiger partial charge in [-0.05, 0) is 12.1 Å². The largest absolute Gasteiger partial charge is 0.480 e. The quantitative estimate of drug-likeness (QED) is 0.845. The van der Waals surface area contributed by atoms with Crippen molar-refractivity contribution in [3.63, 3.8) is 0 Å². The maximum absolute atomic E-state index is 12.2. The molecule has 0 aliphatic heterocycles. The lowest BCUT2D eigenvalue weighted by molar-refractivity contribution is -0.137. The number of hydrogen-bond donors (Lipinski definition) is 1. The smallest absolute Gasteiger partial charge is 0.318 e. The standard InChI is InChI=1S/C11H12N2O4S/c1-2-13(8-11(14)15)18(16,17)10-6-4-3-5-9(10)7-12/h3-6H,2,8H2,1H3,(H,14,15). The molecule has 0 unspecified atom stereocenters. The van der Waals surface area contributed by atoms with Crippen molar-refractivity contribution in [1.29, 1.82) is 5.26 Å². The molecule has 7 heteroatoms. The molecule has 1 aromatic carbocycles. The maximum atomic E-state index is 12.2. The predicted octanol–water partition coefficient (Wildman–Crippen LogP) is 0.653. The Hall–Kier alpha value is -1.91. The Morgan fingerprint density at radius 1 is 1.44 bits per heavy atom. The fraction of sp³-hybridized carbons (Fsp3) is 0.273. The molecule has 1 rings (SSSR count). The average Bonchev–Trinajstić information content (AvgIpc) is 2.35. The van der Waals surface area contributed by atoms with Gasteiger partial charge in [0.1, 0.15) is 12.6 Å². The molecule has 0 saturated heterocycles. The van der Waals surface area contributed by atoms with Crippen LogP contribution in [0.4, 0.5) is 0 Å². The van der Waals surface area contributed by atoms with E-state index in [1.807, 2.05) is 0 Å². The second-order valence-electron chi connectivity index (χ2n) is 3.43. The Balaban J connectivity index is 3.28. The van der Waals surface area contributed by atoms with Gasteiger partial charge >= 0.3 is 5.97 Å². The van der Waals surface area contributed by atoms with Crippen LogP contribution in [0.2, 0.25) is 0 Å². The van der Waals surface area contributed by atoms with Gasteiger partial charge in [0.25, 0.3) is 0 Å². The number of nitriles is 1. The highest BCUT2D eigenvalue weighted by atomic mass is 32.2. The molecule has 0 spiro atoms. The lowest BCUT2D eigenvalue weighted by Gasteiger charge is -2.18. The summed E-state index contributed by atoms with van der Waals surface area (Å²) in [6.45, 7) is 0.933. The van der Waals surface area contributed by atoms with Crippen molar-refractivity contribution < 1.29 is 18.3 Å². The van der Waals surface area contributed by atoms with Gasteiger partial charge in [-0.25, -0.2) is 8.42 Å². The van der Waals surface area contributed by atoms with Gasteiger partial charge in [0.15, 0.2) is 0 Å². The van der Waals surface area contributed by atoms with E-state index in [4.69, 9.17) is 10.4 Å². The van der Waals surface area contributed by atoms with Crippen molar-refractivity contribution in [2.75, 3.05) is 13.1 Å². The molecule has 96 valence electrons. The summed E-state index contributed by atoms with van der Waals surface area (Å²) in [4.78, 5) is 10.5. The molecule has 0 aromatic heterocycles. The highest BCUT2D eigenvalue weighted by Crippen LogP contribution is 2.19. The topological polar surface area (TPSA) is 98.5 Å². The van der Waals surface area contributed by atoms with Gasteiger partial charge in [-0.2, -0.15) is 9.57 Å². The summed E-state index contributed by atoms with van der Waals surface area (Å²) in [6, 6.07) is 7.48. The van der Waals surface area contributed by atoms with Crippen LogP contribution >= 0.6 is 0 Å². The molecular weight excluding hydrogens is 256 g/mol. The van der Waals surface area contributed by atoms with Crippen molar-refractivity contribution in [1.82, 2.24) is 4.31 Å². The number of hydrogen-bond acceptors (Lipinski definition) is 4. The number of benzene rings is 1. The third-order valence-electron chi connectivity index (χ3n) is 2.29. The van der Waals surface area contributed by atoms with Crippen LogP contribution in [0.25, 0.3) is 0 Å². The molecule has 1 aromatic rings. The number of rotatable bonds is 5. The highest BCUT2D eigenvalue weighted by Gasteiger charge is 2.27. The Labute approximate surface area is 105 Å². The van der Waals surface area contributed by atoms with E-state index in [2.05, 4.69) is 0 Å². The first kappa shape index (κ1) is 14.2. The zero-order chi connectivity index (χ0) is 13.8. The molecule has 1 N–H and O–H groups in total. The average molecular weight is 268 g/mol. The molecule has 0 bridgehead atoms. The van der Waals surface area contributed by atoms with Gasteiger partial charge < -0.3 is 5.11 Å². The third-order valence-corrected chi connectivity index (χ3v) is 4.27. The van der Waals surface area contributed by atoms with E-state index in [-0.39, 0.29) is 17.0 Å². The first-order valence-corrected chi connectivity index (χ1v) is 6.58. The maximum Gasteiger partial charge on any atom is 0.318 e. The lowest BCUT2D eigenvalue weighted by Crippen LogP contribution is -2.35. The Morgan fingerprint density at radius 3 is 2.56 bits per heavy atom. The number of likely N-dealkylation sites (N-methyl/N-ethyl adjacent to an activating group) is 1. The SMILES string of the molecule is CCN(CC(=O)O)S(=O)(=O)c1ccccc1C#N. The fourth-order valence-electron chi connectivity index (χ4n) is 1.44. The Bertz CT molecular complexity index is 589. The third kappa shape index (κ3) is 2.85. The zero-order valence-corrected chi connectivity index (χ0v) is 10.5. The number of carboxylic acids is 1. The highest BCUT2D eigenvalue weighted by molar-refractivity contribution is 7.89. The number of aliphatic carboxylic acids is 1. The van der Waals surface area contributed by atoms with Crippen LogP contribution in [-0.4, -0.2) is 36.9 Å². The monoisotopic (exact) mass is 268 g/mol. The fourth-order valence-corrected chi connectivity index (χ4v) is 2.98. The summed E-state index contributed by atoms with van der Waals surface area (Å²) in [6.07, 6.45) is 0. The molecule has 0 atom stereocenters. The molecule has 0 amide bonds. The number of carboxylic acid groups (broad SMARTS) is 1.